The summed E-state index contributed by atoms with van der Waals surface area (Å²) in [5, 5.41) is 12.9. The lowest BCUT2D eigenvalue weighted by molar-refractivity contribution is 0.373. The van der Waals surface area contributed by atoms with Gasteiger partial charge in [0, 0.05) is 12.2 Å². The maximum absolute atomic E-state index is 9.66. The lowest BCUT2D eigenvalue weighted by Crippen LogP contribution is -2.00. The molecule has 1 heterocycles. The number of nitrogens with one attached hydrogen (secondary N) is 1. The molecule has 18 heavy (non-hydrogen) atoms. The molecule has 0 aliphatic rings. The molecule has 1 aromatic carbocycles. The maximum Gasteiger partial charge on any atom is 0.160 e. The molecule has 0 aliphatic heterocycles. The van der Waals surface area contributed by atoms with Gasteiger partial charge < -0.3 is 15.2 Å². The molecular weight excluding hydrogens is 228 g/mol. The number of pyridine rings is 1. The number of benzene rings is 1. The van der Waals surface area contributed by atoms with Crippen molar-refractivity contribution >= 4 is 5.69 Å². The van der Waals surface area contributed by atoms with Crippen molar-refractivity contribution in [3.63, 3.8) is 0 Å². The fourth-order valence-electron chi connectivity index (χ4n) is 1.62. The molecule has 2 N–H and O–H groups in total. The van der Waals surface area contributed by atoms with Gasteiger partial charge in [0.15, 0.2) is 11.5 Å². The standard InChI is InChI=1S/C14H16N2O2/c1-10-3-5-12(9-15-10)16-8-11-4-6-14(18-2)13(17)7-11/h3-7,9,16-17H,8H2,1-2H3. The largest absolute Gasteiger partial charge is 0.504 e. The number of aryl methyl sites for hydroxylation is 1. The molecule has 2 aromatic rings. The second-order valence-corrected chi connectivity index (χ2v) is 4.05. The monoisotopic (exact) mass is 244 g/mol. The Kier molecular flexibility index (Phi) is 3.67. The summed E-state index contributed by atoms with van der Waals surface area (Å²) in [6.07, 6.45) is 1.79. The molecule has 0 bridgehead atoms. The molecule has 0 fully saturated rings. The molecule has 0 saturated carbocycles. The van der Waals surface area contributed by atoms with Gasteiger partial charge in [0.1, 0.15) is 0 Å². The Bertz CT molecular complexity index is 524. The quantitative estimate of drug-likeness (QED) is 0.868. The molecule has 0 aliphatic carbocycles. The summed E-state index contributed by atoms with van der Waals surface area (Å²) in [6, 6.07) is 9.28. The van der Waals surface area contributed by atoms with Crippen LogP contribution in [0.25, 0.3) is 0 Å². The van der Waals surface area contributed by atoms with Crippen molar-refractivity contribution in [3.8, 4) is 11.5 Å². The molecule has 4 heteroatoms. The van der Waals surface area contributed by atoms with Gasteiger partial charge in [-0.15, -0.1) is 0 Å². The van der Waals surface area contributed by atoms with Crippen molar-refractivity contribution in [2.45, 2.75) is 13.5 Å². The number of aromatic nitrogens is 1. The Hall–Kier alpha value is -2.23. The summed E-state index contributed by atoms with van der Waals surface area (Å²) in [5.41, 5.74) is 2.92. The fraction of sp³-hybridized carbons (Fsp3) is 0.214. The summed E-state index contributed by atoms with van der Waals surface area (Å²) >= 11 is 0. The number of hydrogen-bond acceptors (Lipinski definition) is 4. The summed E-state index contributed by atoms with van der Waals surface area (Å²) in [6.45, 7) is 2.58. The number of phenolic OH excluding ortho intramolecular Hbond substituents is 1. The van der Waals surface area contributed by atoms with E-state index in [1.807, 2.05) is 25.1 Å². The Morgan fingerprint density at radius 1 is 1.28 bits per heavy atom. The zero-order chi connectivity index (χ0) is 13.0. The van der Waals surface area contributed by atoms with E-state index in [-0.39, 0.29) is 5.75 Å². The number of methoxy groups -OCH3 is 1. The van der Waals surface area contributed by atoms with Crippen LogP contribution >= 0.6 is 0 Å². The lowest BCUT2D eigenvalue weighted by Gasteiger charge is -2.08. The summed E-state index contributed by atoms with van der Waals surface area (Å²) in [7, 11) is 1.53. The predicted octanol–water partition coefficient (Wildman–Crippen LogP) is 2.72. The van der Waals surface area contributed by atoms with E-state index in [1.54, 1.807) is 18.3 Å². The lowest BCUT2D eigenvalue weighted by atomic mass is 10.2. The normalized spacial score (nSPS) is 10.1. The van der Waals surface area contributed by atoms with Crippen LogP contribution < -0.4 is 10.1 Å². The molecule has 0 radical (unpaired) electrons. The van der Waals surface area contributed by atoms with E-state index in [0.29, 0.717) is 12.3 Å². The van der Waals surface area contributed by atoms with Crippen LogP contribution in [0.3, 0.4) is 0 Å². The minimum absolute atomic E-state index is 0.152. The number of nitrogens with zero attached hydrogens (tertiary/aromatic N) is 1. The first-order valence-corrected chi connectivity index (χ1v) is 5.71. The van der Waals surface area contributed by atoms with Gasteiger partial charge in [-0.2, -0.15) is 0 Å². The summed E-state index contributed by atoms with van der Waals surface area (Å²) in [5.74, 6) is 0.634. The van der Waals surface area contributed by atoms with Crippen molar-refractivity contribution in [2.75, 3.05) is 12.4 Å². The topological polar surface area (TPSA) is 54.4 Å². The van der Waals surface area contributed by atoms with Crippen molar-refractivity contribution in [1.29, 1.82) is 0 Å². The summed E-state index contributed by atoms with van der Waals surface area (Å²) in [4.78, 5) is 4.20. The Morgan fingerprint density at radius 2 is 2.11 bits per heavy atom. The SMILES string of the molecule is COc1ccc(CNc2ccc(C)nc2)cc1O. The Morgan fingerprint density at radius 3 is 2.72 bits per heavy atom. The average Bonchev–Trinajstić information content (AvgIpc) is 2.38. The van der Waals surface area contributed by atoms with Gasteiger partial charge in [0.2, 0.25) is 0 Å². The van der Waals surface area contributed by atoms with Crippen LogP contribution in [0.15, 0.2) is 36.5 Å². The first kappa shape index (κ1) is 12.2. The Labute approximate surface area is 106 Å². The molecule has 0 spiro atoms. The van der Waals surface area contributed by atoms with Crippen LogP contribution in [-0.4, -0.2) is 17.2 Å². The first-order valence-electron chi connectivity index (χ1n) is 5.71. The van der Waals surface area contributed by atoms with Crippen LogP contribution in [0.2, 0.25) is 0 Å². The highest BCUT2D eigenvalue weighted by Crippen LogP contribution is 2.26. The third-order valence-corrected chi connectivity index (χ3v) is 2.65. The van der Waals surface area contributed by atoms with Crippen LogP contribution in [0.1, 0.15) is 11.3 Å². The van der Waals surface area contributed by atoms with E-state index in [2.05, 4.69) is 10.3 Å². The highest BCUT2D eigenvalue weighted by molar-refractivity contribution is 5.45. The van der Waals surface area contributed by atoms with Gasteiger partial charge in [-0.05, 0) is 36.8 Å². The van der Waals surface area contributed by atoms with Gasteiger partial charge in [-0.25, -0.2) is 0 Å². The van der Waals surface area contributed by atoms with Gasteiger partial charge in [0.05, 0.1) is 19.0 Å². The smallest absolute Gasteiger partial charge is 0.160 e. The second kappa shape index (κ2) is 5.40. The van der Waals surface area contributed by atoms with Gasteiger partial charge in [-0.3, -0.25) is 4.98 Å². The Balaban J connectivity index is 2.02. The fourth-order valence-corrected chi connectivity index (χ4v) is 1.62. The van der Waals surface area contributed by atoms with E-state index < -0.39 is 0 Å². The molecule has 0 amide bonds. The minimum Gasteiger partial charge on any atom is -0.504 e. The molecule has 0 saturated heterocycles. The predicted molar refractivity (Wildman–Crippen MR) is 71.0 cm³/mol. The first-order chi connectivity index (χ1) is 8.69. The van der Waals surface area contributed by atoms with Crippen molar-refractivity contribution < 1.29 is 9.84 Å². The number of hydrogen-bond donors (Lipinski definition) is 2. The second-order valence-electron chi connectivity index (χ2n) is 4.05. The van der Waals surface area contributed by atoms with Crippen LogP contribution in [0.5, 0.6) is 11.5 Å². The average molecular weight is 244 g/mol. The van der Waals surface area contributed by atoms with E-state index in [1.165, 1.54) is 7.11 Å². The van der Waals surface area contributed by atoms with Crippen molar-refractivity contribution in [1.82, 2.24) is 4.98 Å². The van der Waals surface area contributed by atoms with E-state index >= 15 is 0 Å². The molecule has 2 rings (SSSR count). The maximum atomic E-state index is 9.66. The zero-order valence-corrected chi connectivity index (χ0v) is 10.5. The van der Waals surface area contributed by atoms with E-state index in [4.69, 9.17) is 4.74 Å². The van der Waals surface area contributed by atoms with Crippen molar-refractivity contribution in [2.24, 2.45) is 0 Å². The number of aromatic hydroxyl groups is 1. The highest BCUT2D eigenvalue weighted by Gasteiger charge is 2.02. The number of anilines is 1. The number of phenols is 1. The zero-order valence-electron chi connectivity index (χ0n) is 10.5. The molecular formula is C14H16N2O2. The van der Waals surface area contributed by atoms with Crippen LogP contribution in [-0.2, 0) is 6.54 Å². The van der Waals surface area contributed by atoms with E-state index in [9.17, 15) is 5.11 Å². The highest BCUT2D eigenvalue weighted by atomic mass is 16.5. The van der Waals surface area contributed by atoms with Crippen LogP contribution in [0.4, 0.5) is 5.69 Å². The third-order valence-electron chi connectivity index (χ3n) is 2.65. The molecule has 0 atom stereocenters. The number of ether oxygens (including phenoxy) is 1. The summed E-state index contributed by atoms with van der Waals surface area (Å²) < 4.78 is 5.00. The minimum atomic E-state index is 0.152. The van der Waals surface area contributed by atoms with Crippen molar-refractivity contribution in [3.05, 3.63) is 47.8 Å². The van der Waals surface area contributed by atoms with Crippen LogP contribution in [0, 0.1) is 6.92 Å². The van der Waals surface area contributed by atoms with E-state index in [0.717, 1.165) is 16.9 Å². The van der Waals surface area contributed by atoms with Gasteiger partial charge in [0.25, 0.3) is 0 Å². The van der Waals surface area contributed by atoms with Gasteiger partial charge >= 0.3 is 0 Å². The molecule has 94 valence electrons. The number of rotatable bonds is 4. The molecule has 0 unspecified atom stereocenters. The molecule has 1 aromatic heterocycles. The van der Waals surface area contributed by atoms with Gasteiger partial charge in [-0.1, -0.05) is 6.07 Å². The molecule has 4 nitrogen and oxygen atoms in total. The third kappa shape index (κ3) is 2.91.